The second kappa shape index (κ2) is 6.45. The van der Waals surface area contributed by atoms with Gasteiger partial charge in [-0.05, 0) is 57.3 Å². The molecule has 3 fully saturated rings. The van der Waals surface area contributed by atoms with Crippen molar-refractivity contribution in [3.8, 4) is 0 Å². The highest BCUT2D eigenvalue weighted by Gasteiger charge is 2.52. The zero-order valence-electron chi connectivity index (χ0n) is 14.7. The second-order valence-corrected chi connectivity index (χ2v) is 8.14. The second-order valence-electron chi connectivity index (χ2n) is 8.14. The lowest BCUT2D eigenvalue weighted by Crippen LogP contribution is -2.39. The highest BCUT2D eigenvalue weighted by molar-refractivity contribution is 5.75. The van der Waals surface area contributed by atoms with Crippen LogP contribution >= 0.6 is 0 Å². The molecule has 130 valence electrons. The van der Waals surface area contributed by atoms with Crippen molar-refractivity contribution < 1.29 is 19.1 Å². The van der Waals surface area contributed by atoms with Crippen molar-refractivity contribution in [2.45, 2.75) is 83.8 Å². The van der Waals surface area contributed by atoms with Gasteiger partial charge in [-0.1, -0.05) is 20.8 Å². The van der Waals surface area contributed by atoms with Gasteiger partial charge in [0.2, 0.25) is 0 Å². The normalized spacial score (nSPS) is 34.8. The molecule has 0 N–H and O–H groups in total. The summed E-state index contributed by atoms with van der Waals surface area (Å²) < 4.78 is 11.7. The lowest BCUT2D eigenvalue weighted by Gasteiger charge is -2.33. The van der Waals surface area contributed by atoms with Crippen LogP contribution in [0.1, 0.15) is 72.1 Å². The Balaban J connectivity index is 1.62. The average Bonchev–Trinajstić information content (AvgIpc) is 3.22. The molecule has 4 unspecified atom stereocenters. The molecule has 0 saturated heterocycles. The molecule has 0 aromatic carbocycles. The van der Waals surface area contributed by atoms with E-state index < -0.39 is 0 Å². The number of fused-ring (bicyclic) bond motifs is 2. The standard InChI is InChI=1S/C19H30O4/c1-4-19(7-5-6-8-19)23-18(21)15-10-13-9-14(15)16(11-13)22-17(20)12(2)3/h12-16H,4-11H2,1-3H3. The van der Waals surface area contributed by atoms with Crippen LogP contribution in [0, 0.1) is 23.7 Å². The first-order valence-electron chi connectivity index (χ1n) is 9.37. The minimum atomic E-state index is -0.219. The van der Waals surface area contributed by atoms with Crippen LogP contribution in [-0.4, -0.2) is 23.6 Å². The quantitative estimate of drug-likeness (QED) is 0.721. The van der Waals surface area contributed by atoms with Gasteiger partial charge in [0.1, 0.15) is 11.7 Å². The summed E-state index contributed by atoms with van der Waals surface area (Å²) in [6, 6.07) is 0. The van der Waals surface area contributed by atoms with Gasteiger partial charge < -0.3 is 9.47 Å². The van der Waals surface area contributed by atoms with Crippen molar-refractivity contribution in [1.29, 1.82) is 0 Å². The van der Waals surface area contributed by atoms with Crippen LogP contribution in [-0.2, 0) is 19.1 Å². The lowest BCUT2D eigenvalue weighted by molar-refractivity contribution is -0.172. The molecule has 3 saturated carbocycles. The number of carbonyl (C=O) groups is 2. The molecule has 4 atom stereocenters. The third kappa shape index (κ3) is 3.27. The monoisotopic (exact) mass is 322 g/mol. The van der Waals surface area contributed by atoms with Gasteiger partial charge in [0, 0.05) is 5.92 Å². The van der Waals surface area contributed by atoms with Gasteiger partial charge in [0.25, 0.3) is 0 Å². The molecule has 0 amide bonds. The molecule has 0 aromatic heterocycles. The van der Waals surface area contributed by atoms with Crippen molar-refractivity contribution in [2.24, 2.45) is 23.7 Å². The molecule has 0 radical (unpaired) electrons. The van der Waals surface area contributed by atoms with E-state index in [4.69, 9.17) is 9.47 Å². The van der Waals surface area contributed by atoms with Crippen molar-refractivity contribution in [1.82, 2.24) is 0 Å². The Hall–Kier alpha value is -1.06. The molecule has 0 heterocycles. The maximum atomic E-state index is 12.8. The van der Waals surface area contributed by atoms with Crippen molar-refractivity contribution >= 4 is 11.9 Å². The maximum absolute atomic E-state index is 12.8. The summed E-state index contributed by atoms with van der Waals surface area (Å²) in [5.74, 6) is 0.334. The fraction of sp³-hybridized carbons (Fsp3) is 0.895. The summed E-state index contributed by atoms with van der Waals surface area (Å²) in [7, 11) is 0. The highest BCUT2D eigenvalue weighted by atomic mass is 16.6. The largest absolute Gasteiger partial charge is 0.462 e. The maximum Gasteiger partial charge on any atom is 0.309 e. The van der Waals surface area contributed by atoms with E-state index in [9.17, 15) is 9.59 Å². The van der Waals surface area contributed by atoms with E-state index >= 15 is 0 Å². The van der Waals surface area contributed by atoms with E-state index in [0.717, 1.165) is 51.4 Å². The molecule has 0 spiro atoms. The molecule has 3 aliphatic carbocycles. The predicted octanol–water partition coefficient (Wildman–Crippen LogP) is 3.87. The lowest BCUT2D eigenvalue weighted by atomic mass is 9.86. The molecular weight excluding hydrogens is 292 g/mol. The SMILES string of the molecule is CCC1(OC(=O)C2CC3CC(OC(=O)C(C)C)C2C3)CCCC1. The number of hydrogen-bond acceptors (Lipinski definition) is 4. The predicted molar refractivity (Wildman–Crippen MR) is 86.6 cm³/mol. The summed E-state index contributed by atoms with van der Waals surface area (Å²) in [5.41, 5.74) is -0.219. The van der Waals surface area contributed by atoms with Gasteiger partial charge >= 0.3 is 11.9 Å². The minimum Gasteiger partial charge on any atom is -0.462 e. The Kier molecular flexibility index (Phi) is 4.70. The third-order valence-electron chi connectivity index (χ3n) is 6.27. The van der Waals surface area contributed by atoms with Gasteiger partial charge in [-0.3, -0.25) is 9.59 Å². The third-order valence-corrected chi connectivity index (χ3v) is 6.27. The number of esters is 2. The molecule has 3 aliphatic rings. The van der Waals surface area contributed by atoms with E-state index in [1.165, 1.54) is 0 Å². The minimum absolute atomic E-state index is 0.0356. The van der Waals surface area contributed by atoms with Crippen LogP contribution in [0.4, 0.5) is 0 Å². The summed E-state index contributed by atoms with van der Waals surface area (Å²) in [5, 5.41) is 0. The summed E-state index contributed by atoms with van der Waals surface area (Å²) >= 11 is 0. The van der Waals surface area contributed by atoms with Crippen LogP contribution in [0.5, 0.6) is 0 Å². The van der Waals surface area contributed by atoms with Crippen molar-refractivity contribution in [2.75, 3.05) is 0 Å². The topological polar surface area (TPSA) is 52.6 Å². The average molecular weight is 322 g/mol. The Labute approximate surface area is 139 Å². The Morgan fingerprint density at radius 2 is 1.83 bits per heavy atom. The number of rotatable bonds is 5. The zero-order valence-corrected chi connectivity index (χ0v) is 14.7. The number of hydrogen-bond donors (Lipinski definition) is 0. The molecule has 3 rings (SSSR count). The van der Waals surface area contributed by atoms with E-state index in [2.05, 4.69) is 6.92 Å². The van der Waals surface area contributed by atoms with Gasteiger partial charge in [0.15, 0.2) is 0 Å². The van der Waals surface area contributed by atoms with Crippen LogP contribution in [0.2, 0.25) is 0 Å². The van der Waals surface area contributed by atoms with Crippen molar-refractivity contribution in [3.63, 3.8) is 0 Å². The fourth-order valence-electron chi connectivity index (χ4n) is 4.81. The van der Waals surface area contributed by atoms with E-state index in [0.29, 0.717) is 5.92 Å². The summed E-state index contributed by atoms with van der Waals surface area (Å²) in [6.07, 6.45) is 8.00. The zero-order chi connectivity index (χ0) is 16.6. The Morgan fingerprint density at radius 1 is 1.13 bits per heavy atom. The molecule has 0 aliphatic heterocycles. The highest BCUT2D eigenvalue weighted by Crippen LogP contribution is 2.51. The van der Waals surface area contributed by atoms with E-state index in [-0.39, 0.29) is 41.4 Å². The Morgan fingerprint density at radius 3 is 2.39 bits per heavy atom. The molecular formula is C19H30O4. The van der Waals surface area contributed by atoms with Gasteiger partial charge in [-0.25, -0.2) is 0 Å². The van der Waals surface area contributed by atoms with Crippen LogP contribution in [0.3, 0.4) is 0 Å². The van der Waals surface area contributed by atoms with Crippen LogP contribution in [0.15, 0.2) is 0 Å². The number of ether oxygens (including phenoxy) is 2. The van der Waals surface area contributed by atoms with E-state index in [1.54, 1.807) is 0 Å². The summed E-state index contributed by atoms with van der Waals surface area (Å²) in [6.45, 7) is 5.82. The first-order chi connectivity index (χ1) is 10.9. The van der Waals surface area contributed by atoms with Gasteiger partial charge in [-0.15, -0.1) is 0 Å². The molecule has 23 heavy (non-hydrogen) atoms. The van der Waals surface area contributed by atoms with Crippen LogP contribution < -0.4 is 0 Å². The molecule has 0 aromatic rings. The van der Waals surface area contributed by atoms with Crippen LogP contribution in [0.25, 0.3) is 0 Å². The smallest absolute Gasteiger partial charge is 0.309 e. The Bertz CT molecular complexity index is 464. The van der Waals surface area contributed by atoms with Crippen molar-refractivity contribution in [3.05, 3.63) is 0 Å². The van der Waals surface area contributed by atoms with E-state index in [1.807, 2.05) is 13.8 Å². The number of carbonyl (C=O) groups excluding carboxylic acids is 2. The fourth-order valence-corrected chi connectivity index (χ4v) is 4.81. The summed E-state index contributed by atoms with van der Waals surface area (Å²) in [4.78, 5) is 24.6. The molecule has 4 heteroatoms. The first-order valence-corrected chi connectivity index (χ1v) is 9.37. The molecule has 2 bridgehead atoms. The van der Waals surface area contributed by atoms with Gasteiger partial charge in [-0.2, -0.15) is 0 Å². The molecule has 4 nitrogen and oxygen atoms in total. The van der Waals surface area contributed by atoms with Gasteiger partial charge in [0.05, 0.1) is 11.8 Å². The first kappa shape index (κ1) is 16.8.